The zero-order valence-electron chi connectivity index (χ0n) is 25.3. The Labute approximate surface area is 252 Å². The Bertz CT molecular complexity index is 1700. The maximum Gasteiger partial charge on any atom is 0.333 e. The van der Waals surface area contributed by atoms with E-state index in [1.54, 1.807) is 61.8 Å². The van der Waals surface area contributed by atoms with Gasteiger partial charge < -0.3 is 19.5 Å². The van der Waals surface area contributed by atoms with E-state index in [0.717, 1.165) is 4.57 Å². The van der Waals surface area contributed by atoms with Crippen molar-refractivity contribution in [3.63, 3.8) is 0 Å². The summed E-state index contributed by atoms with van der Waals surface area (Å²) in [6, 6.07) is 6.00. The standard InChI is InChI=1S/C27H30FN5O5S.C3H8O/c1-17-21-22(34)33(27(2,3)25(35)30-12-14-38-15-13-30)26(36)31(24(21)39-23(17)32-10-5-9-29-32)11-8-18-16-19(28)6-7-20(18)37-4;1-3(2)4/h5-7,9-10,16H,8,11-15H2,1-4H3;3-4H,1-2H3. The van der Waals surface area contributed by atoms with Gasteiger partial charge in [0.05, 0.1) is 25.7 Å². The lowest BCUT2D eigenvalue weighted by atomic mass is 10.0. The molecule has 0 unspecified atom stereocenters. The fourth-order valence-corrected chi connectivity index (χ4v) is 6.32. The lowest BCUT2D eigenvalue weighted by Crippen LogP contribution is -2.58. The number of amides is 1. The van der Waals surface area contributed by atoms with Crippen molar-refractivity contribution in [3.05, 3.63) is 74.4 Å². The number of ether oxygens (including phenoxy) is 2. The molecule has 11 nitrogen and oxygen atoms in total. The van der Waals surface area contributed by atoms with Gasteiger partial charge in [-0.1, -0.05) is 11.3 Å². The highest BCUT2D eigenvalue weighted by Crippen LogP contribution is 2.32. The number of aliphatic hydroxyl groups excluding tert-OH is 1. The summed E-state index contributed by atoms with van der Waals surface area (Å²) < 4.78 is 29.0. The van der Waals surface area contributed by atoms with Crippen LogP contribution in [-0.2, 0) is 28.0 Å². The molecule has 1 amide bonds. The van der Waals surface area contributed by atoms with E-state index >= 15 is 0 Å². The number of fused-ring (bicyclic) bond motifs is 1. The second kappa shape index (κ2) is 13.2. The van der Waals surface area contributed by atoms with Gasteiger partial charge in [0.25, 0.3) is 5.56 Å². The Kier molecular flexibility index (Phi) is 9.88. The van der Waals surface area contributed by atoms with E-state index in [1.807, 2.05) is 6.92 Å². The summed E-state index contributed by atoms with van der Waals surface area (Å²) in [5, 5.41) is 13.4. The summed E-state index contributed by atoms with van der Waals surface area (Å²) in [6.07, 6.45) is 3.50. The Morgan fingerprint density at radius 1 is 1.23 bits per heavy atom. The van der Waals surface area contributed by atoms with Gasteiger partial charge in [-0.3, -0.25) is 14.2 Å². The van der Waals surface area contributed by atoms with Gasteiger partial charge in [-0.25, -0.2) is 18.4 Å². The molecule has 0 spiro atoms. The summed E-state index contributed by atoms with van der Waals surface area (Å²) in [7, 11) is 1.50. The van der Waals surface area contributed by atoms with Crippen LogP contribution in [0.15, 0.2) is 46.2 Å². The summed E-state index contributed by atoms with van der Waals surface area (Å²) in [6.45, 7) is 10.1. The van der Waals surface area contributed by atoms with Crippen molar-refractivity contribution in [2.75, 3.05) is 33.4 Å². The van der Waals surface area contributed by atoms with Crippen LogP contribution in [0.5, 0.6) is 5.75 Å². The van der Waals surface area contributed by atoms with Gasteiger partial charge in [0.1, 0.15) is 26.9 Å². The second-order valence-electron chi connectivity index (χ2n) is 11.0. The van der Waals surface area contributed by atoms with Crippen LogP contribution in [0.1, 0.15) is 38.8 Å². The minimum Gasteiger partial charge on any atom is -0.496 e. The minimum atomic E-state index is -1.46. The fraction of sp³-hybridized carbons (Fsp3) is 0.467. The Morgan fingerprint density at radius 2 is 1.91 bits per heavy atom. The zero-order chi connectivity index (χ0) is 31.5. The molecule has 13 heteroatoms. The van der Waals surface area contributed by atoms with Crippen molar-refractivity contribution >= 4 is 27.5 Å². The number of morpholine rings is 1. The molecule has 1 saturated heterocycles. The molecular weight excluding hydrogens is 577 g/mol. The average Bonchev–Trinajstić information content (AvgIpc) is 3.61. The van der Waals surface area contributed by atoms with Crippen molar-refractivity contribution in [1.82, 2.24) is 23.8 Å². The summed E-state index contributed by atoms with van der Waals surface area (Å²) in [4.78, 5) is 43.8. The minimum absolute atomic E-state index is 0.135. The van der Waals surface area contributed by atoms with Crippen molar-refractivity contribution in [1.29, 1.82) is 0 Å². The van der Waals surface area contributed by atoms with Crippen molar-refractivity contribution in [2.45, 2.75) is 59.2 Å². The number of aliphatic hydroxyl groups is 1. The molecule has 0 radical (unpaired) electrons. The number of benzene rings is 1. The molecule has 5 rings (SSSR count). The van der Waals surface area contributed by atoms with Gasteiger partial charge in [-0.05, 0) is 70.9 Å². The van der Waals surface area contributed by atoms with Crippen LogP contribution < -0.4 is 16.0 Å². The Hall–Kier alpha value is -3.81. The maximum atomic E-state index is 14.1. The van der Waals surface area contributed by atoms with Gasteiger partial charge in [0.2, 0.25) is 5.91 Å². The van der Waals surface area contributed by atoms with Gasteiger partial charge in [0.15, 0.2) is 0 Å². The summed E-state index contributed by atoms with van der Waals surface area (Å²) in [5.74, 6) is -0.252. The fourth-order valence-electron chi connectivity index (χ4n) is 5.06. The van der Waals surface area contributed by atoms with Gasteiger partial charge in [0, 0.05) is 43.7 Å². The van der Waals surface area contributed by atoms with E-state index in [9.17, 15) is 18.8 Å². The third-order valence-corrected chi connectivity index (χ3v) is 8.43. The lowest BCUT2D eigenvalue weighted by molar-refractivity contribution is -0.143. The van der Waals surface area contributed by atoms with Crippen molar-refractivity contribution in [3.8, 4) is 10.8 Å². The van der Waals surface area contributed by atoms with Gasteiger partial charge >= 0.3 is 5.69 Å². The molecule has 0 aliphatic carbocycles. The molecule has 43 heavy (non-hydrogen) atoms. The summed E-state index contributed by atoms with van der Waals surface area (Å²) >= 11 is 1.27. The number of aryl methyl sites for hydroxylation is 3. The number of hydrogen-bond acceptors (Lipinski definition) is 8. The quantitative estimate of drug-likeness (QED) is 0.339. The normalized spacial score (nSPS) is 13.7. The maximum absolute atomic E-state index is 14.1. The molecule has 1 aliphatic rings. The van der Waals surface area contributed by atoms with Crippen LogP contribution in [0.3, 0.4) is 0 Å². The highest BCUT2D eigenvalue weighted by molar-refractivity contribution is 7.21. The first-order valence-corrected chi connectivity index (χ1v) is 14.9. The molecular formula is C30H38FN5O6S. The topological polar surface area (TPSA) is 121 Å². The molecule has 0 bridgehead atoms. The number of carbonyl (C=O) groups excluding carboxylic acids is 1. The molecule has 0 saturated carbocycles. The molecule has 1 N–H and O–H groups in total. The highest BCUT2D eigenvalue weighted by atomic mass is 32.1. The number of halogens is 1. The first-order valence-electron chi connectivity index (χ1n) is 14.1. The first kappa shape index (κ1) is 32.1. The van der Waals surface area contributed by atoms with Gasteiger partial charge in [-0.2, -0.15) is 5.10 Å². The van der Waals surface area contributed by atoms with E-state index in [1.165, 1.54) is 35.1 Å². The Balaban J connectivity index is 0.000000996. The number of hydrogen-bond donors (Lipinski definition) is 1. The molecule has 1 aliphatic heterocycles. The van der Waals surface area contributed by atoms with E-state index in [0.29, 0.717) is 58.4 Å². The number of nitrogens with zero attached hydrogens (tertiary/aromatic N) is 5. The van der Waals surface area contributed by atoms with E-state index in [4.69, 9.17) is 14.6 Å². The molecule has 4 heterocycles. The molecule has 0 atom stereocenters. The molecule has 232 valence electrons. The SMILES string of the molecule is CC(C)O.COc1ccc(F)cc1CCn1c(=O)n(C(C)(C)C(=O)N2CCOCC2)c(=O)c2c(C)c(-n3cccn3)sc21. The lowest BCUT2D eigenvalue weighted by Gasteiger charge is -2.35. The summed E-state index contributed by atoms with van der Waals surface area (Å²) in [5.41, 5.74) is -1.36. The number of thiophene rings is 1. The highest BCUT2D eigenvalue weighted by Gasteiger charge is 2.38. The number of carbonyl (C=O) groups is 1. The van der Waals surface area contributed by atoms with Crippen LogP contribution in [0.2, 0.25) is 0 Å². The molecule has 1 fully saturated rings. The van der Waals surface area contributed by atoms with Crippen molar-refractivity contribution in [2.24, 2.45) is 0 Å². The largest absolute Gasteiger partial charge is 0.496 e. The third kappa shape index (κ3) is 6.58. The number of methoxy groups -OCH3 is 1. The van der Waals surface area contributed by atoms with Crippen LogP contribution in [0.4, 0.5) is 4.39 Å². The predicted octanol–water partition coefficient (Wildman–Crippen LogP) is 3.09. The average molecular weight is 616 g/mol. The van der Waals surface area contributed by atoms with Crippen LogP contribution in [0.25, 0.3) is 15.2 Å². The first-order chi connectivity index (χ1) is 20.4. The molecule has 3 aromatic heterocycles. The van der Waals surface area contributed by atoms with Gasteiger partial charge in [-0.15, -0.1) is 0 Å². The molecule has 1 aromatic carbocycles. The number of aromatic nitrogens is 4. The van der Waals surface area contributed by atoms with Crippen LogP contribution in [0, 0.1) is 12.7 Å². The second-order valence-corrected chi connectivity index (χ2v) is 12.0. The van der Waals surface area contributed by atoms with E-state index in [2.05, 4.69) is 5.10 Å². The third-order valence-electron chi connectivity index (χ3n) is 7.13. The monoisotopic (exact) mass is 615 g/mol. The van der Waals surface area contributed by atoms with E-state index < -0.39 is 22.6 Å². The molecule has 4 aromatic rings. The van der Waals surface area contributed by atoms with Crippen LogP contribution >= 0.6 is 11.3 Å². The Morgan fingerprint density at radius 3 is 2.51 bits per heavy atom. The smallest absolute Gasteiger partial charge is 0.333 e. The van der Waals surface area contributed by atoms with Crippen molar-refractivity contribution < 1.29 is 23.8 Å². The predicted molar refractivity (Wildman–Crippen MR) is 163 cm³/mol. The number of rotatable bonds is 7. The zero-order valence-corrected chi connectivity index (χ0v) is 26.1. The van der Waals surface area contributed by atoms with E-state index in [-0.39, 0.29) is 25.0 Å². The van der Waals surface area contributed by atoms with Crippen LogP contribution in [-0.4, -0.2) is 74.3 Å².